The quantitative estimate of drug-likeness (QED) is 0.536. The molecule has 0 radical (unpaired) electrons. The number of hydrogen-bond donors (Lipinski definition) is 1. The zero-order valence-corrected chi connectivity index (χ0v) is 17.3. The largest absolute Gasteiger partial charge is 0.333 e. The number of imidazole rings is 1. The monoisotopic (exact) mass is 419 g/mol. The van der Waals surface area contributed by atoms with Crippen LogP contribution in [0.2, 0.25) is 5.02 Å². The zero-order valence-electron chi connectivity index (χ0n) is 16.5. The predicted octanol–water partition coefficient (Wildman–Crippen LogP) is 4.30. The van der Waals surface area contributed by atoms with E-state index in [0.717, 1.165) is 54.4 Å². The first-order valence-electron chi connectivity index (χ1n) is 10.2. The van der Waals surface area contributed by atoms with E-state index in [2.05, 4.69) is 22.1 Å². The van der Waals surface area contributed by atoms with Crippen LogP contribution >= 0.6 is 11.6 Å². The average molecular weight is 420 g/mol. The molecule has 2 aromatic carbocycles. The third-order valence-corrected chi connectivity index (χ3v) is 6.34. The van der Waals surface area contributed by atoms with Crippen molar-refractivity contribution in [1.29, 1.82) is 5.26 Å². The van der Waals surface area contributed by atoms with Crippen molar-refractivity contribution in [2.45, 2.75) is 32.0 Å². The van der Waals surface area contributed by atoms with Crippen molar-refractivity contribution >= 4 is 33.5 Å². The van der Waals surface area contributed by atoms with Crippen LogP contribution in [0.25, 0.3) is 21.9 Å². The molecule has 6 nitrogen and oxygen atoms in total. The summed E-state index contributed by atoms with van der Waals surface area (Å²) in [6.45, 7) is 2.98. The van der Waals surface area contributed by atoms with Crippen LogP contribution in [0.4, 0.5) is 0 Å². The Labute approximate surface area is 178 Å². The maximum atomic E-state index is 12.5. The summed E-state index contributed by atoms with van der Waals surface area (Å²) in [5, 5.41) is 11.0. The lowest BCUT2D eigenvalue weighted by Gasteiger charge is -2.32. The third kappa shape index (κ3) is 3.30. The van der Waals surface area contributed by atoms with Crippen LogP contribution in [0, 0.1) is 11.3 Å². The van der Waals surface area contributed by atoms with Crippen LogP contribution in [0.3, 0.4) is 0 Å². The molecule has 30 heavy (non-hydrogen) atoms. The van der Waals surface area contributed by atoms with Crippen molar-refractivity contribution in [3.05, 3.63) is 69.7 Å². The molecule has 0 bridgehead atoms. The minimum Gasteiger partial charge on any atom is -0.333 e. The molecular weight excluding hydrogens is 398 g/mol. The minimum absolute atomic E-state index is 0.0221. The summed E-state index contributed by atoms with van der Waals surface area (Å²) in [7, 11) is 0. The van der Waals surface area contributed by atoms with Gasteiger partial charge in [0, 0.05) is 42.3 Å². The zero-order chi connectivity index (χ0) is 20.7. The number of benzene rings is 2. The number of hydrogen-bond acceptors (Lipinski definition) is 3. The Balaban J connectivity index is 1.35. The molecule has 0 aliphatic carbocycles. The summed E-state index contributed by atoms with van der Waals surface area (Å²) in [5.74, 6) is 0. The van der Waals surface area contributed by atoms with Gasteiger partial charge in [0.05, 0.1) is 22.6 Å². The van der Waals surface area contributed by atoms with E-state index in [4.69, 9.17) is 16.9 Å². The topological polar surface area (TPSA) is 69.8 Å². The van der Waals surface area contributed by atoms with Gasteiger partial charge in [-0.3, -0.25) is 9.47 Å². The van der Waals surface area contributed by atoms with E-state index in [9.17, 15) is 4.79 Å². The number of aromatic nitrogens is 3. The Hall–Kier alpha value is -3.01. The van der Waals surface area contributed by atoms with Crippen LogP contribution < -0.4 is 5.69 Å². The SMILES string of the molecule is N#CCn1cc(CN2CCC(n3c(=O)[nH]c4ccccc43)CC2)c2ccc(Cl)cc21. The van der Waals surface area contributed by atoms with Gasteiger partial charge in [-0.05, 0) is 42.7 Å². The molecule has 5 rings (SSSR count). The average Bonchev–Trinajstić information content (AvgIpc) is 3.25. The van der Waals surface area contributed by atoms with Crippen molar-refractivity contribution < 1.29 is 0 Å². The van der Waals surface area contributed by atoms with Crippen LogP contribution in [-0.4, -0.2) is 32.1 Å². The molecule has 1 aliphatic rings. The van der Waals surface area contributed by atoms with Gasteiger partial charge in [0.2, 0.25) is 0 Å². The van der Waals surface area contributed by atoms with Crippen LogP contribution in [0.1, 0.15) is 24.4 Å². The molecule has 0 atom stereocenters. The summed E-state index contributed by atoms with van der Waals surface area (Å²) < 4.78 is 3.89. The fourth-order valence-electron chi connectivity index (χ4n) is 4.69. The highest BCUT2D eigenvalue weighted by atomic mass is 35.5. The number of halogens is 1. The molecule has 0 unspecified atom stereocenters. The minimum atomic E-state index is -0.0221. The van der Waals surface area contributed by atoms with Gasteiger partial charge in [-0.25, -0.2) is 4.79 Å². The molecule has 1 saturated heterocycles. The Kier molecular flexibility index (Phi) is 4.86. The molecule has 2 aromatic heterocycles. The highest BCUT2D eigenvalue weighted by Crippen LogP contribution is 2.29. The lowest BCUT2D eigenvalue weighted by molar-refractivity contribution is 0.180. The molecule has 1 fully saturated rings. The number of H-pyrrole nitrogens is 1. The van der Waals surface area contributed by atoms with Crippen molar-refractivity contribution in [1.82, 2.24) is 19.0 Å². The van der Waals surface area contributed by atoms with Gasteiger partial charge in [-0.1, -0.05) is 29.8 Å². The number of fused-ring (bicyclic) bond motifs is 2. The van der Waals surface area contributed by atoms with Crippen LogP contribution in [0.15, 0.2) is 53.5 Å². The highest BCUT2D eigenvalue weighted by molar-refractivity contribution is 6.31. The molecule has 0 saturated carbocycles. The number of nitriles is 1. The van der Waals surface area contributed by atoms with Gasteiger partial charge in [0.15, 0.2) is 0 Å². The van der Waals surface area contributed by atoms with E-state index in [0.29, 0.717) is 11.6 Å². The van der Waals surface area contributed by atoms with Gasteiger partial charge in [0.1, 0.15) is 6.54 Å². The Bertz CT molecular complexity index is 1320. The molecule has 1 N–H and O–H groups in total. The van der Waals surface area contributed by atoms with E-state index in [1.807, 2.05) is 51.6 Å². The fourth-order valence-corrected chi connectivity index (χ4v) is 4.85. The van der Waals surface area contributed by atoms with Crippen molar-refractivity contribution in [3.8, 4) is 6.07 Å². The number of nitrogens with zero attached hydrogens (tertiary/aromatic N) is 4. The molecule has 7 heteroatoms. The van der Waals surface area contributed by atoms with Gasteiger partial charge >= 0.3 is 5.69 Å². The number of likely N-dealkylation sites (tertiary alicyclic amines) is 1. The number of aromatic amines is 1. The highest BCUT2D eigenvalue weighted by Gasteiger charge is 2.24. The van der Waals surface area contributed by atoms with E-state index in [1.165, 1.54) is 5.56 Å². The first kappa shape index (κ1) is 19.0. The molecule has 4 aromatic rings. The lowest BCUT2D eigenvalue weighted by atomic mass is 10.0. The Morgan fingerprint density at radius 1 is 1.13 bits per heavy atom. The molecular formula is C23H22ClN5O. The summed E-state index contributed by atoms with van der Waals surface area (Å²) in [5.41, 5.74) is 4.07. The molecule has 0 spiro atoms. The second-order valence-corrected chi connectivity index (χ2v) is 8.36. The van der Waals surface area contributed by atoms with Crippen molar-refractivity contribution in [2.24, 2.45) is 0 Å². The van der Waals surface area contributed by atoms with Gasteiger partial charge in [-0.15, -0.1) is 0 Å². The summed E-state index contributed by atoms with van der Waals surface area (Å²) in [6.07, 6.45) is 3.94. The van der Waals surface area contributed by atoms with Gasteiger partial charge < -0.3 is 9.55 Å². The Morgan fingerprint density at radius 3 is 2.73 bits per heavy atom. The summed E-state index contributed by atoms with van der Waals surface area (Å²) in [6, 6.07) is 16.2. The van der Waals surface area contributed by atoms with Crippen molar-refractivity contribution in [2.75, 3.05) is 13.1 Å². The number of piperidine rings is 1. The molecule has 152 valence electrons. The second-order valence-electron chi connectivity index (χ2n) is 7.93. The third-order valence-electron chi connectivity index (χ3n) is 6.11. The number of rotatable bonds is 4. The van der Waals surface area contributed by atoms with E-state index < -0.39 is 0 Å². The van der Waals surface area contributed by atoms with Gasteiger partial charge in [-0.2, -0.15) is 5.26 Å². The molecule has 3 heterocycles. The maximum absolute atomic E-state index is 12.5. The molecule has 0 amide bonds. The van der Waals surface area contributed by atoms with E-state index in [1.54, 1.807) is 0 Å². The van der Waals surface area contributed by atoms with Gasteiger partial charge in [0.25, 0.3) is 0 Å². The second kappa shape index (κ2) is 7.67. The summed E-state index contributed by atoms with van der Waals surface area (Å²) >= 11 is 6.17. The number of para-hydroxylation sites is 2. The van der Waals surface area contributed by atoms with E-state index in [-0.39, 0.29) is 11.7 Å². The van der Waals surface area contributed by atoms with Crippen molar-refractivity contribution in [3.63, 3.8) is 0 Å². The first-order valence-corrected chi connectivity index (χ1v) is 10.6. The smallest absolute Gasteiger partial charge is 0.326 e. The predicted molar refractivity (Wildman–Crippen MR) is 119 cm³/mol. The molecule has 1 aliphatic heterocycles. The van der Waals surface area contributed by atoms with Crippen LogP contribution in [0.5, 0.6) is 0 Å². The number of nitrogens with one attached hydrogen (secondary N) is 1. The normalized spacial score (nSPS) is 15.7. The van der Waals surface area contributed by atoms with Crippen LogP contribution in [-0.2, 0) is 13.1 Å². The standard InChI is InChI=1S/C23H22ClN5O/c24-17-5-6-19-16(15-28(12-9-25)22(19)13-17)14-27-10-7-18(8-11-27)29-21-4-2-1-3-20(21)26-23(29)30/h1-6,13,15,18H,7-8,10-12,14H2,(H,26,30). The lowest BCUT2D eigenvalue weighted by Crippen LogP contribution is -2.36. The Morgan fingerprint density at radius 2 is 1.93 bits per heavy atom. The maximum Gasteiger partial charge on any atom is 0.326 e. The first-order chi connectivity index (χ1) is 14.6. The fraction of sp³-hybridized carbons (Fsp3) is 0.304. The van der Waals surface area contributed by atoms with E-state index >= 15 is 0 Å². The summed E-state index contributed by atoms with van der Waals surface area (Å²) in [4.78, 5) is 17.9.